The van der Waals surface area contributed by atoms with Gasteiger partial charge in [-0.15, -0.1) is 11.8 Å². The summed E-state index contributed by atoms with van der Waals surface area (Å²) >= 11 is 1.67. The van der Waals surface area contributed by atoms with E-state index in [1.54, 1.807) is 23.9 Å². The van der Waals surface area contributed by atoms with Crippen molar-refractivity contribution in [2.45, 2.75) is 26.2 Å². The molecule has 1 aliphatic carbocycles. The van der Waals surface area contributed by atoms with Gasteiger partial charge in [-0.25, -0.2) is 0 Å². The molecule has 0 aliphatic heterocycles. The van der Waals surface area contributed by atoms with Crippen molar-refractivity contribution in [3.05, 3.63) is 41.5 Å². The van der Waals surface area contributed by atoms with Gasteiger partial charge in [-0.1, -0.05) is 44.0 Å². The molecule has 0 aromatic heterocycles. The number of allylic oxidation sites excluding steroid dienone is 1. The summed E-state index contributed by atoms with van der Waals surface area (Å²) in [5, 5.41) is 0. The van der Waals surface area contributed by atoms with Crippen molar-refractivity contribution in [3.8, 4) is 0 Å². The van der Waals surface area contributed by atoms with Crippen LogP contribution >= 0.6 is 11.8 Å². The molecule has 2 rings (SSSR count). The van der Waals surface area contributed by atoms with Gasteiger partial charge in [0.1, 0.15) is 0 Å². The molecule has 0 fully saturated rings. The second kappa shape index (κ2) is 6.01. The van der Waals surface area contributed by atoms with Crippen LogP contribution < -0.4 is 0 Å². The van der Waals surface area contributed by atoms with Crippen LogP contribution in [0.2, 0.25) is 0 Å². The maximum absolute atomic E-state index is 11.7. The fraction of sp³-hybridized carbons (Fsp3) is 0.333. The second-order valence-electron chi connectivity index (χ2n) is 4.30. The predicted molar refractivity (Wildman–Crippen MR) is 75.7 cm³/mol. The highest BCUT2D eigenvalue weighted by Gasteiger charge is 2.25. The minimum Gasteiger partial charge on any atom is -0.286 e. The largest absolute Gasteiger partial charge is 0.286 e. The Bertz CT molecular complexity index is 503. The molecule has 0 saturated carbocycles. The molecule has 1 aromatic rings. The van der Waals surface area contributed by atoms with E-state index in [-0.39, 0.29) is 5.78 Å². The molecule has 0 atom stereocenters. The zero-order valence-corrected chi connectivity index (χ0v) is 11.3. The minimum atomic E-state index is -0.397. The molecule has 18 heavy (non-hydrogen) atoms. The van der Waals surface area contributed by atoms with Crippen molar-refractivity contribution < 1.29 is 9.59 Å². The van der Waals surface area contributed by atoms with E-state index in [1.807, 2.05) is 12.1 Å². The van der Waals surface area contributed by atoms with Gasteiger partial charge in [-0.05, 0) is 17.7 Å². The van der Waals surface area contributed by atoms with E-state index in [0.29, 0.717) is 5.56 Å². The lowest BCUT2D eigenvalue weighted by atomic mass is 9.95. The molecule has 0 saturated heterocycles. The van der Waals surface area contributed by atoms with Crippen molar-refractivity contribution in [2.24, 2.45) is 0 Å². The van der Waals surface area contributed by atoms with Crippen molar-refractivity contribution in [1.29, 1.82) is 0 Å². The highest BCUT2D eigenvalue weighted by molar-refractivity contribution is 8.08. The van der Waals surface area contributed by atoms with Crippen molar-refractivity contribution in [1.82, 2.24) is 0 Å². The smallest absolute Gasteiger partial charge is 0.233 e. The van der Waals surface area contributed by atoms with Gasteiger partial charge in [0.15, 0.2) is 0 Å². The van der Waals surface area contributed by atoms with Crippen LogP contribution in [0.4, 0.5) is 0 Å². The summed E-state index contributed by atoms with van der Waals surface area (Å²) in [7, 11) is 0. The first kappa shape index (κ1) is 13.1. The summed E-state index contributed by atoms with van der Waals surface area (Å²) in [6.45, 7) is 2.17. The van der Waals surface area contributed by atoms with Crippen LogP contribution in [0.1, 0.15) is 42.1 Å². The normalized spacial score (nSPS) is 14.4. The van der Waals surface area contributed by atoms with Crippen LogP contribution in [0.5, 0.6) is 0 Å². The first-order valence-electron chi connectivity index (χ1n) is 6.26. The van der Waals surface area contributed by atoms with E-state index in [4.69, 9.17) is 0 Å². The average molecular weight is 260 g/mol. The third-order valence-corrected chi connectivity index (χ3v) is 4.07. The van der Waals surface area contributed by atoms with Gasteiger partial charge in [0.25, 0.3) is 0 Å². The maximum Gasteiger partial charge on any atom is 0.233 e. The number of ketones is 2. The fourth-order valence-electron chi connectivity index (χ4n) is 1.94. The lowest BCUT2D eigenvalue weighted by molar-refractivity contribution is -0.110. The van der Waals surface area contributed by atoms with Gasteiger partial charge in [0.05, 0.1) is 0 Å². The van der Waals surface area contributed by atoms with Crippen LogP contribution in [0, 0.1) is 0 Å². The Morgan fingerprint density at radius 3 is 2.50 bits per heavy atom. The Morgan fingerprint density at radius 1 is 1.06 bits per heavy atom. The first-order chi connectivity index (χ1) is 8.74. The fourth-order valence-corrected chi connectivity index (χ4v) is 3.04. The molecular formula is C15H16O2S. The Hall–Kier alpha value is -1.35. The number of rotatable bonds is 5. The summed E-state index contributed by atoms with van der Waals surface area (Å²) in [6, 6.07) is 7.35. The van der Waals surface area contributed by atoms with Gasteiger partial charge in [-0.3, -0.25) is 9.59 Å². The first-order valence-corrected chi connectivity index (χ1v) is 7.25. The van der Waals surface area contributed by atoms with Crippen LogP contribution in [-0.4, -0.2) is 17.3 Å². The molecule has 94 valence electrons. The summed E-state index contributed by atoms with van der Waals surface area (Å²) in [5.41, 5.74) is 1.45. The van der Waals surface area contributed by atoms with Gasteiger partial charge in [0.2, 0.25) is 11.6 Å². The van der Waals surface area contributed by atoms with Gasteiger partial charge in [0, 0.05) is 16.5 Å². The number of hydrogen-bond donors (Lipinski definition) is 0. The number of fused-ring (bicyclic) bond motifs is 1. The number of benzene rings is 1. The van der Waals surface area contributed by atoms with Gasteiger partial charge < -0.3 is 0 Å². The average Bonchev–Trinajstić information content (AvgIpc) is 2.40. The summed E-state index contributed by atoms with van der Waals surface area (Å²) in [6.07, 6.45) is 5.02. The molecule has 0 N–H and O–H groups in total. The predicted octanol–water partition coefficient (Wildman–Crippen LogP) is 3.72. The number of carbonyl (C=O) groups is 2. The van der Waals surface area contributed by atoms with Crippen LogP contribution in [-0.2, 0) is 4.79 Å². The minimum absolute atomic E-state index is 0.386. The van der Waals surface area contributed by atoms with Crippen LogP contribution in [0.25, 0.3) is 4.91 Å². The number of hydrogen-bond acceptors (Lipinski definition) is 3. The van der Waals surface area contributed by atoms with Crippen molar-refractivity contribution in [2.75, 3.05) is 5.75 Å². The SMILES string of the molecule is CCCCCSC1=CC(=O)C(=O)c2ccccc21. The summed E-state index contributed by atoms with van der Waals surface area (Å²) < 4.78 is 0. The van der Waals surface area contributed by atoms with E-state index in [2.05, 4.69) is 6.92 Å². The third-order valence-electron chi connectivity index (χ3n) is 2.93. The summed E-state index contributed by atoms with van der Waals surface area (Å²) in [5.74, 6) is 0.213. The molecule has 0 bridgehead atoms. The molecule has 2 nitrogen and oxygen atoms in total. The van der Waals surface area contributed by atoms with Crippen molar-refractivity contribution >= 4 is 28.2 Å². The molecule has 0 radical (unpaired) electrons. The maximum atomic E-state index is 11.7. The molecule has 0 amide bonds. The van der Waals surface area contributed by atoms with E-state index in [0.717, 1.165) is 22.6 Å². The third kappa shape index (κ3) is 2.72. The Morgan fingerprint density at radius 2 is 1.78 bits per heavy atom. The van der Waals surface area contributed by atoms with Crippen molar-refractivity contribution in [3.63, 3.8) is 0 Å². The zero-order chi connectivity index (χ0) is 13.0. The lowest BCUT2D eigenvalue weighted by Crippen LogP contribution is -2.17. The number of unbranched alkanes of at least 4 members (excludes halogenated alkanes) is 2. The molecular weight excluding hydrogens is 244 g/mol. The molecule has 0 heterocycles. The lowest BCUT2D eigenvalue weighted by Gasteiger charge is -2.15. The van der Waals surface area contributed by atoms with E-state index >= 15 is 0 Å². The van der Waals surface area contributed by atoms with E-state index < -0.39 is 5.78 Å². The number of carbonyl (C=O) groups excluding carboxylic acids is 2. The Labute approximate surface area is 111 Å². The van der Waals surface area contributed by atoms with Crippen LogP contribution in [0.15, 0.2) is 30.3 Å². The zero-order valence-electron chi connectivity index (χ0n) is 10.4. The highest BCUT2D eigenvalue weighted by Crippen LogP contribution is 2.34. The van der Waals surface area contributed by atoms with Gasteiger partial charge in [-0.2, -0.15) is 0 Å². The molecule has 1 aromatic carbocycles. The Kier molecular flexibility index (Phi) is 4.37. The summed E-state index contributed by atoms with van der Waals surface area (Å²) in [4.78, 5) is 24.3. The number of thioether (sulfide) groups is 1. The van der Waals surface area contributed by atoms with E-state index in [1.165, 1.54) is 18.9 Å². The van der Waals surface area contributed by atoms with E-state index in [9.17, 15) is 9.59 Å². The highest BCUT2D eigenvalue weighted by atomic mass is 32.2. The van der Waals surface area contributed by atoms with Gasteiger partial charge >= 0.3 is 0 Å². The molecule has 3 heteroatoms. The monoisotopic (exact) mass is 260 g/mol. The molecule has 1 aliphatic rings. The second-order valence-corrected chi connectivity index (χ2v) is 5.44. The molecule has 0 spiro atoms. The molecule has 0 unspecified atom stereocenters. The Balaban J connectivity index is 2.17. The topological polar surface area (TPSA) is 34.1 Å². The standard InChI is InChI=1S/C15H16O2S/c1-2-3-6-9-18-14-10-13(16)15(17)12-8-5-4-7-11(12)14/h4-5,7-8,10H,2-3,6,9H2,1H3. The number of Topliss-reactive ketones (excluding diaryl/α,β-unsaturated/α-hetero) is 1. The van der Waals surface area contributed by atoms with Crippen LogP contribution in [0.3, 0.4) is 0 Å². The quantitative estimate of drug-likeness (QED) is 0.597.